The topological polar surface area (TPSA) is 95.9 Å². The standard InChI is InChI=1S/C25H21N3O5S/c1-14-13-34-25-26-19(10-23(29)28(14)25)11-32-24(30)20-8-17-6-4-5-7-18(17)9-22(20)31-12-21-15(2)27-33-16(21)3/h4-10,13H,11-12H2,1-3H3. The molecule has 0 spiro atoms. The molecule has 0 N–H and O–H groups in total. The smallest absolute Gasteiger partial charge is 0.342 e. The first-order chi connectivity index (χ1) is 16.4. The lowest BCUT2D eigenvalue weighted by molar-refractivity contribution is 0.0463. The van der Waals surface area contributed by atoms with Crippen molar-refractivity contribution >= 4 is 33.0 Å². The first-order valence-corrected chi connectivity index (χ1v) is 11.5. The van der Waals surface area contributed by atoms with Crippen LogP contribution in [-0.4, -0.2) is 20.5 Å². The summed E-state index contributed by atoms with van der Waals surface area (Å²) in [6.45, 7) is 5.57. The Morgan fingerprint density at radius 2 is 1.85 bits per heavy atom. The highest BCUT2D eigenvalue weighted by Crippen LogP contribution is 2.28. The minimum atomic E-state index is -0.566. The van der Waals surface area contributed by atoms with Crippen LogP contribution in [0.15, 0.2) is 57.2 Å². The Morgan fingerprint density at radius 3 is 2.59 bits per heavy atom. The normalized spacial score (nSPS) is 11.3. The molecule has 0 amide bonds. The Hall–Kier alpha value is -3.98. The summed E-state index contributed by atoms with van der Waals surface area (Å²) in [5, 5.41) is 7.62. The van der Waals surface area contributed by atoms with Crippen LogP contribution in [0, 0.1) is 20.8 Å². The van der Waals surface area contributed by atoms with Crippen molar-refractivity contribution in [1.29, 1.82) is 0 Å². The van der Waals surface area contributed by atoms with Crippen molar-refractivity contribution in [2.45, 2.75) is 34.0 Å². The van der Waals surface area contributed by atoms with E-state index in [1.807, 2.05) is 56.5 Å². The van der Waals surface area contributed by atoms with E-state index in [2.05, 4.69) is 10.1 Å². The number of benzene rings is 2. The van der Waals surface area contributed by atoms with Gasteiger partial charge in [0.05, 0.1) is 17.0 Å². The molecular formula is C25H21N3O5S. The van der Waals surface area contributed by atoms with E-state index in [0.29, 0.717) is 22.2 Å². The van der Waals surface area contributed by atoms with E-state index in [4.69, 9.17) is 14.0 Å². The minimum Gasteiger partial charge on any atom is -0.488 e. The number of aryl methyl sites for hydroxylation is 3. The summed E-state index contributed by atoms with van der Waals surface area (Å²) >= 11 is 1.36. The lowest BCUT2D eigenvalue weighted by atomic mass is 10.1. The van der Waals surface area contributed by atoms with Gasteiger partial charge < -0.3 is 14.0 Å². The second-order valence-corrected chi connectivity index (χ2v) is 8.78. The fraction of sp³-hybridized carbons (Fsp3) is 0.200. The molecule has 8 nitrogen and oxygen atoms in total. The molecule has 5 rings (SSSR count). The summed E-state index contributed by atoms with van der Waals surface area (Å²) in [5.74, 6) is 0.490. The third-order valence-electron chi connectivity index (χ3n) is 5.60. The van der Waals surface area contributed by atoms with Crippen LogP contribution in [0.4, 0.5) is 0 Å². The van der Waals surface area contributed by atoms with Crippen LogP contribution >= 0.6 is 11.3 Å². The molecule has 0 bridgehead atoms. The van der Waals surface area contributed by atoms with Gasteiger partial charge in [-0.2, -0.15) is 0 Å². The molecule has 0 aliphatic heterocycles. The van der Waals surface area contributed by atoms with Crippen molar-refractivity contribution in [2.24, 2.45) is 0 Å². The van der Waals surface area contributed by atoms with Gasteiger partial charge in [0, 0.05) is 17.1 Å². The monoisotopic (exact) mass is 475 g/mol. The van der Waals surface area contributed by atoms with E-state index in [1.165, 1.54) is 21.8 Å². The molecule has 3 heterocycles. The maximum Gasteiger partial charge on any atom is 0.342 e. The van der Waals surface area contributed by atoms with Gasteiger partial charge in [-0.3, -0.25) is 9.20 Å². The Morgan fingerprint density at radius 1 is 1.09 bits per heavy atom. The lowest BCUT2D eigenvalue weighted by Gasteiger charge is -2.13. The van der Waals surface area contributed by atoms with Gasteiger partial charge in [0.1, 0.15) is 30.3 Å². The number of aromatic nitrogens is 3. The van der Waals surface area contributed by atoms with E-state index in [9.17, 15) is 9.59 Å². The van der Waals surface area contributed by atoms with Crippen LogP contribution in [0.2, 0.25) is 0 Å². The maximum atomic E-state index is 13.1. The Balaban J connectivity index is 1.42. The van der Waals surface area contributed by atoms with Crippen molar-refractivity contribution in [3.63, 3.8) is 0 Å². The number of ether oxygens (including phenoxy) is 2. The molecule has 0 aliphatic carbocycles. The number of thiazole rings is 1. The predicted molar refractivity (Wildman–Crippen MR) is 127 cm³/mol. The SMILES string of the molecule is Cc1noc(C)c1COc1cc2ccccc2cc1C(=O)OCc1cc(=O)n2c(C)csc2n1. The van der Waals surface area contributed by atoms with Crippen molar-refractivity contribution < 1.29 is 18.8 Å². The number of hydrogen-bond acceptors (Lipinski definition) is 8. The molecule has 2 aromatic carbocycles. The highest BCUT2D eigenvalue weighted by Gasteiger charge is 2.18. The number of hydrogen-bond donors (Lipinski definition) is 0. The van der Waals surface area contributed by atoms with Gasteiger partial charge in [0.15, 0.2) is 4.96 Å². The van der Waals surface area contributed by atoms with Crippen LogP contribution in [0.1, 0.15) is 38.8 Å². The number of nitrogens with zero attached hydrogens (tertiary/aromatic N) is 3. The van der Waals surface area contributed by atoms with Crippen molar-refractivity contribution in [1.82, 2.24) is 14.5 Å². The first-order valence-electron chi connectivity index (χ1n) is 10.6. The van der Waals surface area contributed by atoms with Crippen LogP contribution in [0.5, 0.6) is 5.75 Å². The van der Waals surface area contributed by atoms with Crippen LogP contribution in [0.3, 0.4) is 0 Å². The molecule has 0 aliphatic rings. The second-order valence-electron chi connectivity index (χ2n) is 7.94. The molecule has 34 heavy (non-hydrogen) atoms. The summed E-state index contributed by atoms with van der Waals surface area (Å²) < 4.78 is 18.3. The molecule has 0 saturated heterocycles. The van der Waals surface area contributed by atoms with Gasteiger partial charge in [-0.15, -0.1) is 11.3 Å². The number of carbonyl (C=O) groups excluding carboxylic acids is 1. The lowest BCUT2D eigenvalue weighted by Crippen LogP contribution is -2.16. The van der Waals surface area contributed by atoms with Gasteiger partial charge >= 0.3 is 5.97 Å². The number of esters is 1. The molecule has 0 radical (unpaired) electrons. The average molecular weight is 476 g/mol. The first kappa shape index (κ1) is 21.8. The quantitative estimate of drug-likeness (QED) is 0.327. The zero-order valence-electron chi connectivity index (χ0n) is 18.8. The van der Waals surface area contributed by atoms with Crippen molar-refractivity contribution in [3.05, 3.63) is 92.2 Å². The van der Waals surface area contributed by atoms with Gasteiger partial charge in [-0.25, -0.2) is 9.78 Å². The zero-order chi connectivity index (χ0) is 23.8. The van der Waals surface area contributed by atoms with E-state index in [0.717, 1.165) is 27.7 Å². The molecule has 5 aromatic rings. The van der Waals surface area contributed by atoms with Gasteiger partial charge in [-0.05, 0) is 43.7 Å². The van der Waals surface area contributed by atoms with E-state index >= 15 is 0 Å². The van der Waals surface area contributed by atoms with Gasteiger partial charge in [0.25, 0.3) is 5.56 Å². The summed E-state index contributed by atoms with van der Waals surface area (Å²) in [7, 11) is 0. The van der Waals surface area contributed by atoms with E-state index in [-0.39, 0.29) is 24.3 Å². The minimum absolute atomic E-state index is 0.127. The molecule has 0 unspecified atom stereocenters. The van der Waals surface area contributed by atoms with Crippen molar-refractivity contribution in [2.75, 3.05) is 0 Å². The Kier molecular flexibility index (Phi) is 5.62. The summed E-state index contributed by atoms with van der Waals surface area (Å²) in [6.07, 6.45) is 0. The molecule has 3 aromatic heterocycles. The second kappa shape index (κ2) is 8.75. The molecule has 172 valence electrons. The highest BCUT2D eigenvalue weighted by molar-refractivity contribution is 7.15. The molecule has 0 saturated carbocycles. The third-order valence-corrected chi connectivity index (χ3v) is 6.54. The zero-order valence-corrected chi connectivity index (χ0v) is 19.6. The molecular weight excluding hydrogens is 454 g/mol. The fourth-order valence-corrected chi connectivity index (χ4v) is 4.64. The summed E-state index contributed by atoms with van der Waals surface area (Å²) in [5.41, 5.74) is 2.85. The third kappa shape index (κ3) is 4.06. The highest BCUT2D eigenvalue weighted by atomic mass is 32.1. The van der Waals surface area contributed by atoms with E-state index in [1.54, 1.807) is 6.07 Å². The van der Waals surface area contributed by atoms with Crippen LogP contribution in [0.25, 0.3) is 15.7 Å². The van der Waals surface area contributed by atoms with Crippen LogP contribution < -0.4 is 10.3 Å². The molecule has 9 heteroatoms. The fourth-order valence-electron chi connectivity index (χ4n) is 3.75. The van der Waals surface area contributed by atoms with Crippen molar-refractivity contribution in [3.8, 4) is 5.75 Å². The maximum absolute atomic E-state index is 13.1. The van der Waals surface area contributed by atoms with Gasteiger partial charge in [-0.1, -0.05) is 29.4 Å². The summed E-state index contributed by atoms with van der Waals surface area (Å²) in [6, 6.07) is 12.6. The Labute approximate surface area is 198 Å². The number of fused-ring (bicyclic) bond motifs is 2. The predicted octanol–water partition coefficient (Wildman–Crippen LogP) is 4.76. The molecule has 0 fully saturated rings. The van der Waals surface area contributed by atoms with Crippen LogP contribution in [-0.2, 0) is 18.0 Å². The van der Waals surface area contributed by atoms with Gasteiger partial charge in [0.2, 0.25) is 0 Å². The largest absolute Gasteiger partial charge is 0.488 e. The average Bonchev–Trinajstić information content (AvgIpc) is 3.36. The molecule has 0 atom stereocenters. The van der Waals surface area contributed by atoms with E-state index < -0.39 is 5.97 Å². The number of carbonyl (C=O) groups is 1. The number of rotatable bonds is 6. The Bertz CT molecular complexity index is 1580. The summed E-state index contributed by atoms with van der Waals surface area (Å²) in [4.78, 5) is 30.5.